The number of anilines is 1. The second kappa shape index (κ2) is 4.88. The summed E-state index contributed by atoms with van der Waals surface area (Å²) in [5.74, 6) is 0.594. The van der Waals surface area contributed by atoms with Gasteiger partial charge in [-0.2, -0.15) is 0 Å². The van der Waals surface area contributed by atoms with Crippen LogP contribution in [0.2, 0.25) is 0 Å². The first kappa shape index (κ1) is 12.4. The van der Waals surface area contributed by atoms with Crippen LogP contribution in [0.25, 0.3) is 0 Å². The highest BCUT2D eigenvalue weighted by molar-refractivity contribution is 5.77. The molecule has 16 heavy (non-hydrogen) atoms. The summed E-state index contributed by atoms with van der Waals surface area (Å²) in [4.78, 5) is 12.8. The van der Waals surface area contributed by atoms with Gasteiger partial charge in [-0.05, 0) is 25.0 Å². The van der Waals surface area contributed by atoms with Crippen molar-refractivity contribution < 1.29 is 9.53 Å². The molecule has 1 aromatic carbocycles. The van der Waals surface area contributed by atoms with E-state index in [4.69, 9.17) is 10.5 Å². The quantitative estimate of drug-likeness (QED) is 0.785. The average molecular weight is 222 g/mol. The number of rotatable bonds is 3. The Morgan fingerprint density at radius 1 is 1.31 bits per heavy atom. The molecule has 0 aliphatic rings. The molecule has 0 aromatic heterocycles. The fraction of sp³-hybridized carbons (Fsp3) is 0.417. The van der Waals surface area contributed by atoms with Crippen molar-refractivity contribution in [2.45, 2.75) is 13.8 Å². The molecule has 0 spiro atoms. The predicted octanol–water partition coefficient (Wildman–Crippen LogP) is 1.35. The highest BCUT2D eigenvalue weighted by Gasteiger charge is 2.08. The van der Waals surface area contributed by atoms with Gasteiger partial charge in [0.25, 0.3) is 5.91 Å². The Bertz CT molecular complexity index is 400. The van der Waals surface area contributed by atoms with E-state index < -0.39 is 0 Å². The van der Waals surface area contributed by atoms with E-state index in [1.807, 2.05) is 19.9 Å². The molecule has 0 radical (unpaired) electrons. The Morgan fingerprint density at radius 2 is 1.94 bits per heavy atom. The topological polar surface area (TPSA) is 55.6 Å². The molecule has 1 amide bonds. The molecular weight excluding hydrogens is 204 g/mol. The van der Waals surface area contributed by atoms with Crippen molar-refractivity contribution in [1.82, 2.24) is 4.90 Å². The van der Waals surface area contributed by atoms with Crippen LogP contribution in [0.15, 0.2) is 12.1 Å². The van der Waals surface area contributed by atoms with Crippen molar-refractivity contribution in [3.8, 4) is 5.75 Å². The molecule has 0 saturated carbocycles. The highest BCUT2D eigenvalue weighted by Crippen LogP contribution is 2.24. The Morgan fingerprint density at radius 3 is 2.50 bits per heavy atom. The number of hydrogen-bond acceptors (Lipinski definition) is 3. The fourth-order valence-corrected chi connectivity index (χ4v) is 1.27. The second-order valence-electron chi connectivity index (χ2n) is 4.05. The zero-order valence-corrected chi connectivity index (χ0v) is 10.2. The molecule has 0 saturated heterocycles. The molecule has 0 heterocycles. The van der Waals surface area contributed by atoms with Crippen LogP contribution in [0.5, 0.6) is 5.75 Å². The van der Waals surface area contributed by atoms with Crippen molar-refractivity contribution in [1.29, 1.82) is 0 Å². The van der Waals surface area contributed by atoms with E-state index in [0.717, 1.165) is 11.1 Å². The first-order valence-electron chi connectivity index (χ1n) is 5.11. The number of likely N-dealkylation sites (N-methyl/N-ethyl adjacent to an activating group) is 1. The van der Waals surface area contributed by atoms with Crippen LogP contribution in [0, 0.1) is 13.8 Å². The Hall–Kier alpha value is -1.71. The van der Waals surface area contributed by atoms with Gasteiger partial charge in [0.15, 0.2) is 6.61 Å². The van der Waals surface area contributed by atoms with E-state index >= 15 is 0 Å². The summed E-state index contributed by atoms with van der Waals surface area (Å²) in [6.07, 6.45) is 0. The molecule has 0 aliphatic carbocycles. The number of hydrogen-bond donors (Lipinski definition) is 1. The summed E-state index contributed by atoms with van der Waals surface area (Å²) in [5, 5.41) is 0. The number of nitrogens with zero attached hydrogens (tertiary/aromatic N) is 1. The number of amides is 1. The lowest BCUT2D eigenvalue weighted by Gasteiger charge is -2.14. The van der Waals surface area contributed by atoms with Crippen LogP contribution in [0.4, 0.5) is 5.69 Å². The fourth-order valence-electron chi connectivity index (χ4n) is 1.27. The predicted molar refractivity (Wildman–Crippen MR) is 64.5 cm³/mol. The molecule has 0 aliphatic heterocycles. The van der Waals surface area contributed by atoms with Gasteiger partial charge in [-0.25, -0.2) is 0 Å². The van der Waals surface area contributed by atoms with Gasteiger partial charge in [-0.1, -0.05) is 6.07 Å². The molecule has 0 fully saturated rings. The Balaban J connectivity index is 2.75. The summed E-state index contributed by atoms with van der Waals surface area (Å²) in [5.41, 5.74) is 8.46. The molecule has 4 nitrogen and oxygen atoms in total. The number of nitrogen functional groups attached to an aromatic ring is 1. The monoisotopic (exact) mass is 222 g/mol. The van der Waals surface area contributed by atoms with E-state index in [-0.39, 0.29) is 12.5 Å². The van der Waals surface area contributed by atoms with Crippen LogP contribution >= 0.6 is 0 Å². The summed E-state index contributed by atoms with van der Waals surface area (Å²) >= 11 is 0. The maximum Gasteiger partial charge on any atom is 0.259 e. The third kappa shape index (κ3) is 2.89. The van der Waals surface area contributed by atoms with Gasteiger partial charge in [0.2, 0.25) is 0 Å². The van der Waals surface area contributed by atoms with Crippen molar-refractivity contribution in [2.24, 2.45) is 0 Å². The molecule has 4 heteroatoms. The van der Waals surface area contributed by atoms with Crippen molar-refractivity contribution in [3.05, 3.63) is 23.3 Å². The third-order valence-corrected chi connectivity index (χ3v) is 2.41. The number of carbonyl (C=O) groups is 1. The first-order chi connectivity index (χ1) is 7.41. The van der Waals surface area contributed by atoms with Crippen molar-refractivity contribution >= 4 is 11.6 Å². The SMILES string of the molecule is Cc1cc(C)c(OCC(=O)N(C)C)cc1N. The normalized spacial score (nSPS) is 10.0. The van der Waals surface area contributed by atoms with E-state index in [1.165, 1.54) is 4.90 Å². The minimum atomic E-state index is -0.0708. The lowest BCUT2D eigenvalue weighted by atomic mass is 10.1. The maximum absolute atomic E-state index is 11.3. The minimum absolute atomic E-state index is 0.0380. The number of carbonyl (C=O) groups excluding carboxylic acids is 1. The zero-order valence-electron chi connectivity index (χ0n) is 10.2. The third-order valence-electron chi connectivity index (χ3n) is 2.41. The standard InChI is InChI=1S/C12H18N2O2/c1-8-5-9(2)11(6-10(8)13)16-7-12(15)14(3)4/h5-6H,7,13H2,1-4H3. The molecule has 1 rings (SSSR count). The summed E-state index contributed by atoms with van der Waals surface area (Å²) < 4.78 is 5.42. The van der Waals surface area contributed by atoms with Gasteiger partial charge in [0.1, 0.15) is 5.75 Å². The van der Waals surface area contributed by atoms with Crippen LogP contribution in [0.1, 0.15) is 11.1 Å². The number of benzene rings is 1. The highest BCUT2D eigenvalue weighted by atomic mass is 16.5. The Labute approximate surface area is 96.0 Å². The largest absolute Gasteiger partial charge is 0.483 e. The lowest BCUT2D eigenvalue weighted by molar-refractivity contribution is -0.130. The molecule has 0 bridgehead atoms. The molecule has 1 aromatic rings. The molecule has 0 atom stereocenters. The maximum atomic E-state index is 11.3. The number of ether oxygens (including phenoxy) is 1. The van der Waals surface area contributed by atoms with Crippen LogP contribution < -0.4 is 10.5 Å². The lowest BCUT2D eigenvalue weighted by Crippen LogP contribution is -2.27. The first-order valence-corrected chi connectivity index (χ1v) is 5.11. The minimum Gasteiger partial charge on any atom is -0.483 e. The second-order valence-corrected chi connectivity index (χ2v) is 4.05. The van der Waals surface area contributed by atoms with Crippen LogP contribution in [-0.4, -0.2) is 31.5 Å². The van der Waals surface area contributed by atoms with Gasteiger partial charge in [-0.3, -0.25) is 4.79 Å². The van der Waals surface area contributed by atoms with E-state index in [0.29, 0.717) is 11.4 Å². The molecule has 88 valence electrons. The average Bonchev–Trinajstić information content (AvgIpc) is 2.20. The summed E-state index contributed by atoms with van der Waals surface area (Å²) in [6, 6.07) is 3.71. The molecular formula is C12H18N2O2. The van der Waals surface area contributed by atoms with Gasteiger partial charge in [0, 0.05) is 25.8 Å². The number of nitrogens with two attached hydrogens (primary N) is 1. The van der Waals surface area contributed by atoms with Crippen LogP contribution in [0.3, 0.4) is 0 Å². The van der Waals surface area contributed by atoms with Crippen molar-refractivity contribution in [3.63, 3.8) is 0 Å². The van der Waals surface area contributed by atoms with Gasteiger partial charge < -0.3 is 15.4 Å². The number of aryl methyl sites for hydroxylation is 2. The van der Waals surface area contributed by atoms with E-state index in [2.05, 4.69) is 0 Å². The van der Waals surface area contributed by atoms with E-state index in [9.17, 15) is 4.79 Å². The van der Waals surface area contributed by atoms with Gasteiger partial charge in [-0.15, -0.1) is 0 Å². The van der Waals surface area contributed by atoms with Gasteiger partial charge >= 0.3 is 0 Å². The van der Waals surface area contributed by atoms with Gasteiger partial charge in [0.05, 0.1) is 0 Å². The summed E-state index contributed by atoms with van der Waals surface area (Å²) in [6.45, 7) is 3.91. The Kier molecular flexibility index (Phi) is 3.77. The molecule has 0 unspecified atom stereocenters. The van der Waals surface area contributed by atoms with Crippen LogP contribution in [-0.2, 0) is 4.79 Å². The zero-order chi connectivity index (χ0) is 12.3. The van der Waals surface area contributed by atoms with E-state index in [1.54, 1.807) is 20.2 Å². The van der Waals surface area contributed by atoms with Crippen molar-refractivity contribution in [2.75, 3.05) is 26.4 Å². The molecule has 2 N–H and O–H groups in total. The summed E-state index contributed by atoms with van der Waals surface area (Å²) in [7, 11) is 3.39. The smallest absolute Gasteiger partial charge is 0.259 e.